The van der Waals surface area contributed by atoms with Gasteiger partial charge in [-0.1, -0.05) is 0 Å². The largest absolute Gasteiger partial charge is 0.312 e. The van der Waals surface area contributed by atoms with Gasteiger partial charge in [0.1, 0.15) is 0 Å². The number of rotatable bonds is 0. The van der Waals surface area contributed by atoms with E-state index in [0.717, 1.165) is 11.8 Å². The van der Waals surface area contributed by atoms with Crippen molar-refractivity contribution in [2.75, 3.05) is 6.54 Å². The third kappa shape index (κ3) is 0.556. The molecule has 1 aliphatic heterocycles. The van der Waals surface area contributed by atoms with Gasteiger partial charge in [-0.05, 0) is 31.2 Å². The van der Waals surface area contributed by atoms with E-state index in [2.05, 4.69) is 11.9 Å². The predicted molar refractivity (Wildman–Crippen MR) is 28.5 cm³/mol. The van der Waals surface area contributed by atoms with Crippen LogP contribution in [-0.4, -0.2) is 6.54 Å². The summed E-state index contributed by atoms with van der Waals surface area (Å²) in [5.74, 6) is 2.14. The van der Waals surface area contributed by atoms with Gasteiger partial charge in [-0.3, -0.25) is 0 Å². The molecule has 7 heavy (non-hydrogen) atoms. The summed E-state index contributed by atoms with van der Waals surface area (Å²) in [6.45, 7) is 3.46. The van der Waals surface area contributed by atoms with Gasteiger partial charge in [0.05, 0.1) is 0 Å². The van der Waals surface area contributed by atoms with Crippen LogP contribution >= 0.6 is 0 Å². The summed E-state index contributed by atoms with van der Waals surface area (Å²) < 4.78 is 0. The van der Waals surface area contributed by atoms with Crippen molar-refractivity contribution in [3.05, 3.63) is 6.54 Å². The summed E-state index contributed by atoms with van der Waals surface area (Å²) in [4.78, 5) is 0. The lowest BCUT2D eigenvalue weighted by atomic mass is 10.2. The Hall–Kier alpha value is -0.0400. The number of piperidine rings is 1. The molecule has 1 aliphatic carbocycles. The molecular weight excluding hydrogens is 86.1 g/mol. The van der Waals surface area contributed by atoms with E-state index in [1.165, 1.54) is 19.4 Å². The van der Waals surface area contributed by atoms with Crippen LogP contribution in [0.15, 0.2) is 0 Å². The first kappa shape index (κ1) is 3.90. The summed E-state index contributed by atoms with van der Waals surface area (Å²) >= 11 is 0. The van der Waals surface area contributed by atoms with E-state index >= 15 is 0 Å². The zero-order valence-electron chi connectivity index (χ0n) is 4.35. The van der Waals surface area contributed by atoms with Gasteiger partial charge >= 0.3 is 0 Å². The summed E-state index contributed by atoms with van der Waals surface area (Å²) in [7, 11) is 0. The number of hydrogen-bond acceptors (Lipinski definition) is 1. The van der Waals surface area contributed by atoms with Gasteiger partial charge in [-0.25, -0.2) is 0 Å². The first-order valence-corrected chi connectivity index (χ1v) is 3.02. The molecule has 39 valence electrons. The molecule has 1 N–H and O–H groups in total. The van der Waals surface area contributed by atoms with Gasteiger partial charge in [0.2, 0.25) is 0 Å². The molecule has 0 spiro atoms. The molecule has 1 nitrogen and oxygen atoms in total. The molecule has 2 rings (SSSR count). The molecule has 0 aromatic rings. The standard InChI is InChI=1S/C6H10N/c1-2-7-4-6-3-5(1)6/h2,5-7H,1,3-4H2. The highest BCUT2D eigenvalue weighted by Gasteiger charge is 2.38. The van der Waals surface area contributed by atoms with Crippen molar-refractivity contribution < 1.29 is 0 Å². The Morgan fingerprint density at radius 3 is 3.00 bits per heavy atom. The predicted octanol–water partition coefficient (Wildman–Crippen LogP) is 0.778. The highest BCUT2D eigenvalue weighted by Crippen LogP contribution is 2.43. The lowest BCUT2D eigenvalue weighted by Crippen LogP contribution is -2.18. The van der Waals surface area contributed by atoms with Crippen LogP contribution in [0.2, 0.25) is 0 Å². The smallest absolute Gasteiger partial charge is 0.0224 e. The fraction of sp³-hybridized carbons (Fsp3) is 0.833. The second kappa shape index (κ2) is 1.22. The Morgan fingerprint density at radius 1 is 1.43 bits per heavy atom. The number of fused-ring (bicyclic) bond motifs is 1. The van der Waals surface area contributed by atoms with Gasteiger partial charge in [-0.2, -0.15) is 0 Å². The molecule has 1 saturated carbocycles. The molecule has 1 heterocycles. The van der Waals surface area contributed by atoms with Crippen molar-refractivity contribution in [3.63, 3.8) is 0 Å². The number of nitrogens with one attached hydrogen (secondary N) is 1. The molecule has 2 unspecified atom stereocenters. The Balaban J connectivity index is 1.95. The van der Waals surface area contributed by atoms with E-state index < -0.39 is 0 Å². The SMILES string of the molecule is [CH]1CC2CC2CN1. The van der Waals surface area contributed by atoms with Crippen molar-refractivity contribution >= 4 is 0 Å². The maximum absolute atomic E-state index is 3.25. The van der Waals surface area contributed by atoms with Crippen LogP contribution in [0.3, 0.4) is 0 Å². The van der Waals surface area contributed by atoms with Crippen LogP contribution < -0.4 is 5.32 Å². The second-order valence-corrected chi connectivity index (χ2v) is 2.60. The van der Waals surface area contributed by atoms with Crippen LogP contribution in [0.25, 0.3) is 0 Å². The van der Waals surface area contributed by atoms with E-state index in [0.29, 0.717) is 0 Å². The van der Waals surface area contributed by atoms with Gasteiger partial charge in [0.15, 0.2) is 0 Å². The molecule has 2 aliphatic rings. The summed E-state index contributed by atoms with van der Waals surface area (Å²) in [5, 5.41) is 3.25. The second-order valence-electron chi connectivity index (χ2n) is 2.60. The van der Waals surface area contributed by atoms with E-state index in [-0.39, 0.29) is 0 Å². The molecule has 2 atom stereocenters. The summed E-state index contributed by atoms with van der Waals surface area (Å²) in [6.07, 6.45) is 2.81. The van der Waals surface area contributed by atoms with Crippen molar-refractivity contribution in [1.82, 2.24) is 5.32 Å². The zero-order chi connectivity index (χ0) is 4.69. The molecule has 1 radical (unpaired) electrons. The minimum atomic E-state index is 1.06. The van der Waals surface area contributed by atoms with E-state index in [4.69, 9.17) is 0 Å². The maximum atomic E-state index is 3.25. The molecule has 1 heteroatoms. The summed E-state index contributed by atoms with van der Waals surface area (Å²) in [6, 6.07) is 0. The van der Waals surface area contributed by atoms with Crippen LogP contribution in [0, 0.1) is 18.4 Å². The third-order valence-electron chi connectivity index (χ3n) is 2.01. The highest BCUT2D eigenvalue weighted by molar-refractivity contribution is 4.95. The van der Waals surface area contributed by atoms with E-state index in [1.54, 1.807) is 0 Å². The molecule has 1 saturated heterocycles. The van der Waals surface area contributed by atoms with Crippen molar-refractivity contribution in [1.29, 1.82) is 0 Å². The fourth-order valence-electron chi connectivity index (χ4n) is 1.32. The lowest BCUT2D eigenvalue weighted by Gasteiger charge is -2.07. The lowest BCUT2D eigenvalue weighted by molar-refractivity contribution is 0.553. The van der Waals surface area contributed by atoms with E-state index in [1.807, 2.05) is 0 Å². The Bertz CT molecular complexity index is 70.2. The maximum Gasteiger partial charge on any atom is 0.0224 e. The average molecular weight is 96.2 g/mol. The molecular formula is C6H10N. The molecule has 0 aromatic heterocycles. The molecule has 2 fully saturated rings. The number of hydrogen-bond donors (Lipinski definition) is 1. The monoisotopic (exact) mass is 96.1 g/mol. The Kier molecular flexibility index (Phi) is 0.680. The fourth-order valence-corrected chi connectivity index (χ4v) is 1.32. The van der Waals surface area contributed by atoms with Gasteiger partial charge in [0, 0.05) is 6.54 Å². The normalized spacial score (nSPS) is 48.0. The Labute approximate surface area is 44.1 Å². The highest BCUT2D eigenvalue weighted by atomic mass is 14.9. The van der Waals surface area contributed by atoms with Crippen LogP contribution in [0.5, 0.6) is 0 Å². The van der Waals surface area contributed by atoms with Crippen LogP contribution in [0.4, 0.5) is 0 Å². The van der Waals surface area contributed by atoms with Crippen molar-refractivity contribution in [3.8, 4) is 0 Å². The zero-order valence-corrected chi connectivity index (χ0v) is 4.35. The van der Waals surface area contributed by atoms with Crippen LogP contribution in [-0.2, 0) is 0 Å². The van der Waals surface area contributed by atoms with Gasteiger partial charge in [-0.15, -0.1) is 0 Å². The first-order chi connectivity index (χ1) is 3.47. The molecule has 0 amide bonds. The summed E-state index contributed by atoms with van der Waals surface area (Å²) in [5.41, 5.74) is 0. The minimum Gasteiger partial charge on any atom is -0.312 e. The van der Waals surface area contributed by atoms with Crippen molar-refractivity contribution in [2.45, 2.75) is 12.8 Å². The molecule has 0 bridgehead atoms. The van der Waals surface area contributed by atoms with Crippen molar-refractivity contribution in [2.24, 2.45) is 11.8 Å². The van der Waals surface area contributed by atoms with Gasteiger partial charge in [0.25, 0.3) is 0 Å². The van der Waals surface area contributed by atoms with Crippen LogP contribution in [0.1, 0.15) is 12.8 Å². The average Bonchev–Trinajstić information content (AvgIpc) is 2.41. The van der Waals surface area contributed by atoms with E-state index in [9.17, 15) is 0 Å². The molecule has 0 aromatic carbocycles. The topological polar surface area (TPSA) is 12.0 Å². The quantitative estimate of drug-likeness (QED) is 0.470. The Morgan fingerprint density at radius 2 is 2.43 bits per heavy atom. The first-order valence-electron chi connectivity index (χ1n) is 3.02. The third-order valence-corrected chi connectivity index (χ3v) is 2.01. The minimum absolute atomic E-state index is 1.06. The van der Waals surface area contributed by atoms with Gasteiger partial charge < -0.3 is 5.32 Å².